The number of nitrogens with zero attached hydrogens (tertiary/aromatic N) is 4. The van der Waals surface area contributed by atoms with Gasteiger partial charge in [-0.3, -0.25) is 14.2 Å². The van der Waals surface area contributed by atoms with Crippen molar-refractivity contribution in [1.29, 1.82) is 0 Å². The van der Waals surface area contributed by atoms with Gasteiger partial charge in [0.1, 0.15) is 6.04 Å². The number of fused-ring (bicyclic) bond motifs is 4. The lowest BCUT2D eigenvalue weighted by molar-refractivity contribution is -0.127. The van der Waals surface area contributed by atoms with E-state index < -0.39 is 6.04 Å². The summed E-state index contributed by atoms with van der Waals surface area (Å²) in [6.45, 7) is 1.32. The number of amides is 1. The highest BCUT2D eigenvalue weighted by Gasteiger charge is 2.44. The zero-order valence-electron chi connectivity index (χ0n) is 16.1. The van der Waals surface area contributed by atoms with Gasteiger partial charge in [0.25, 0.3) is 5.56 Å². The van der Waals surface area contributed by atoms with Crippen LogP contribution in [0.4, 0.5) is 10.2 Å². The van der Waals surface area contributed by atoms with E-state index in [2.05, 4.69) is 15.3 Å². The summed E-state index contributed by atoms with van der Waals surface area (Å²) in [4.78, 5) is 36.3. The molecule has 9 heteroatoms. The predicted molar refractivity (Wildman–Crippen MR) is 111 cm³/mol. The number of carbonyl (C=O) groups excluding carboxylic acids is 1. The molecule has 1 fully saturated rings. The average Bonchev–Trinajstić information content (AvgIpc) is 3.27. The molecule has 3 aromatic heterocycles. The molecular weight excluding hydrogens is 405 g/mol. The van der Waals surface area contributed by atoms with Gasteiger partial charge in [-0.1, -0.05) is 6.07 Å². The van der Waals surface area contributed by atoms with E-state index >= 15 is 0 Å². The van der Waals surface area contributed by atoms with E-state index in [0.29, 0.717) is 25.5 Å². The Morgan fingerprint density at radius 1 is 1.23 bits per heavy atom. The highest BCUT2D eigenvalue weighted by Crippen LogP contribution is 2.42. The van der Waals surface area contributed by atoms with Crippen LogP contribution in [0.25, 0.3) is 0 Å². The van der Waals surface area contributed by atoms with Crippen molar-refractivity contribution in [2.24, 2.45) is 5.92 Å². The highest BCUT2D eigenvalue weighted by molar-refractivity contribution is 7.07. The summed E-state index contributed by atoms with van der Waals surface area (Å²) in [6.07, 6.45) is 2.34. The van der Waals surface area contributed by atoms with Crippen LogP contribution in [0, 0.1) is 11.7 Å². The van der Waals surface area contributed by atoms with Crippen LogP contribution in [0.15, 0.2) is 52.2 Å². The van der Waals surface area contributed by atoms with Crippen LogP contribution < -0.4 is 15.8 Å². The van der Waals surface area contributed by atoms with E-state index in [1.54, 1.807) is 28.4 Å². The zero-order valence-corrected chi connectivity index (χ0v) is 16.9. The first kappa shape index (κ1) is 18.9. The van der Waals surface area contributed by atoms with E-state index in [1.165, 1.54) is 23.5 Å². The Morgan fingerprint density at radius 2 is 2.13 bits per heavy atom. The molecule has 0 aliphatic carbocycles. The van der Waals surface area contributed by atoms with Crippen molar-refractivity contribution in [1.82, 2.24) is 19.9 Å². The maximum atomic E-state index is 14.4. The van der Waals surface area contributed by atoms with Gasteiger partial charge >= 0.3 is 0 Å². The molecule has 3 aromatic rings. The summed E-state index contributed by atoms with van der Waals surface area (Å²) in [5.41, 5.74) is 3.12. The van der Waals surface area contributed by atoms with Crippen LogP contribution in [-0.4, -0.2) is 33.5 Å². The first-order valence-electron chi connectivity index (χ1n) is 9.83. The van der Waals surface area contributed by atoms with Gasteiger partial charge in [0.2, 0.25) is 5.91 Å². The Balaban J connectivity index is 1.50. The fraction of sp³-hybridized carbons (Fsp3) is 0.333. The Labute approximate surface area is 176 Å². The van der Waals surface area contributed by atoms with Crippen LogP contribution in [0.2, 0.25) is 0 Å². The number of carbonyl (C=O) groups is 1. The predicted octanol–water partition coefficient (Wildman–Crippen LogP) is 2.32. The van der Waals surface area contributed by atoms with Crippen LogP contribution in [0.1, 0.15) is 29.8 Å². The molecule has 2 aliphatic rings. The molecule has 30 heavy (non-hydrogen) atoms. The van der Waals surface area contributed by atoms with Gasteiger partial charge in [0, 0.05) is 48.3 Å². The van der Waals surface area contributed by atoms with E-state index in [9.17, 15) is 14.0 Å². The maximum Gasteiger partial charge on any atom is 0.251 e. The number of halogens is 1. The number of anilines is 1. The van der Waals surface area contributed by atoms with Gasteiger partial charge in [0.15, 0.2) is 11.6 Å². The summed E-state index contributed by atoms with van der Waals surface area (Å²) >= 11 is 1.46. The van der Waals surface area contributed by atoms with Crippen molar-refractivity contribution in [3.63, 3.8) is 0 Å². The molecule has 0 spiro atoms. The standard InChI is InChI=1S/C21H20FN5O2S/c22-16-3-2-6-23-20(16)26-9-13-7-14(10-26)19(27-17(13)4-1-5-18(27)28)21(29)24-8-15-11-30-12-25-15/h1-6,11-14,19H,7-10H2,(H,24,29)/t13-,14+,19+/m0/s1. The molecule has 5 rings (SSSR count). The van der Waals surface area contributed by atoms with Crippen molar-refractivity contribution in [3.05, 3.63) is 75.0 Å². The quantitative estimate of drug-likeness (QED) is 0.694. The molecular formula is C21H20FN5O2S. The first-order valence-corrected chi connectivity index (χ1v) is 10.8. The minimum Gasteiger partial charge on any atom is -0.353 e. The van der Waals surface area contributed by atoms with Gasteiger partial charge in [-0.25, -0.2) is 14.4 Å². The van der Waals surface area contributed by atoms with E-state index in [1.807, 2.05) is 16.3 Å². The lowest BCUT2D eigenvalue weighted by Crippen LogP contribution is -2.53. The number of aromatic nitrogens is 3. The molecule has 1 N–H and O–H groups in total. The van der Waals surface area contributed by atoms with Crippen molar-refractivity contribution >= 4 is 23.1 Å². The maximum absolute atomic E-state index is 14.4. The van der Waals surface area contributed by atoms with Crippen molar-refractivity contribution in [3.8, 4) is 0 Å². The first-order chi connectivity index (χ1) is 14.6. The minimum absolute atomic E-state index is 0.0293. The van der Waals surface area contributed by atoms with Gasteiger partial charge < -0.3 is 10.2 Å². The average molecular weight is 425 g/mol. The SMILES string of the molecule is O=C(NCc1cscn1)[C@H]1[C@@H]2C[C@@H](CN(c3ncccc3F)C2)c2cccc(=O)n21. The van der Waals surface area contributed by atoms with Crippen molar-refractivity contribution in [2.75, 3.05) is 18.0 Å². The number of pyridine rings is 2. The van der Waals surface area contributed by atoms with E-state index in [0.717, 1.165) is 17.8 Å². The molecule has 1 amide bonds. The topological polar surface area (TPSA) is 80.1 Å². The lowest BCUT2D eigenvalue weighted by atomic mass is 9.78. The Kier molecular flexibility index (Phi) is 4.82. The fourth-order valence-corrected chi connectivity index (χ4v) is 5.22. The number of thiazole rings is 1. The molecule has 1 saturated heterocycles. The molecule has 7 nitrogen and oxygen atoms in total. The molecule has 2 bridgehead atoms. The minimum atomic E-state index is -0.654. The molecule has 154 valence electrons. The lowest BCUT2D eigenvalue weighted by Gasteiger charge is -2.46. The molecule has 2 aliphatic heterocycles. The third-order valence-electron chi connectivity index (χ3n) is 5.88. The van der Waals surface area contributed by atoms with E-state index in [-0.39, 0.29) is 29.1 Å². The number of nitrogens with one attached hydrogen (secondary N) is 1. The normalized spacial score (nSPS) is 22.4. The molecule has 0 aromatic carbocycles. The smallest absolute Gasteiger partial charge is 0.251 e. The van der Waals surface area contributed by atoms with Crippen LogP contribution in [-0.2, 0) is 11.3 Å². The summed E-state index contributed by atoms with van der Waals surface area (Å²) < 4.78 is 16.0. The molecule has 0 unspecified atom stereocenters. The fourth-order valence-electron chi connectivity index (χ4n) is 4.66. The van der Waals surface area contributed by atoms with Crippen LogP contribution in [0.5, 0.6) is 0 Å². The molecule has 0 saturated carbocycles. The second-order valence-electron chi connectivity index (χ2n) is 7.71. The number of hydrogen-bond acceptors (Lipinski definition) is 6. The monoisotopic (exact) mass is 425 g/mol. The second kappa shape index (κ2) is 7.64. The Hall–Kier alpha value is -3.07. The molecule has 0 radical (unpaired) electrons. The van der Waals surface area contributed by atoms with Gasteiger partial charge in [-0.15, -0.1) is 11.3 Å². The molecule has 3 atom stereocenters. The largest absolute Gasteiger partial charge is 0.353 e. The molecule has 5 heterocycles. The second-order valence-corrected chi connectivity index (χ2v) is 8.43. The Bertz CT molecular complexity index is 1130. The number of piperidine rings is 1. The summed E-state index contributed by atoms with van der Waals surface area (Å²) in [7, 11) is 0. The van der Waals surface area contributed by atoms with Gasteiger partial charge in [-0.05, 0) is 24.6 Å². The Morgan fingerprint density at radius 3 is 2.93 bits per heavy atom. The van der Waals surface area contributed by atoms with Gasteiger partial charge in [0.05, 0.1) is 17.7 Å². The summed E-state index contributed by atoms with van der Waals surface area (Å²) in [5, 5.41) is 4.81. The summed E-state index contributed by atoms with van der Waals surface area (Å²) in [5.74, 6) is -0.410. The highest BCUT2D eigenvalue weighted by atomic mass is 32.1. The van der Waals surface area contributed by atoms with Gasteiger partial charge in [-0.2, -0.15) is 0 Å². The third kappa shape index (κ3) is 3.28. The van der Waals surface area contributed by atoms with Crippen molar-refractivity contribution in [2.45, 2.75) is 24.9 Å². The van der Waals surface area contributed by atoms with E-state index in [4.69, 9.17) is 0 Å². The third-order valence-corrected chi connectivity index (χ3v) is 6.52. The van der Waals surface area contributed by atoms with Crippen LogP contribution >= 0.6 is 11.3 Å². The van der Waals surface area contributed by atoms with Crippen molar-refractivity contribution < 1.29 is 9.18 Å². The number of rotatable bonds is 4. The zero-order chi connectivity index (χ0) is 20.7. The van der Waals surface area contributed by atoms with Crippen LogP contribution in [0.3, 0.4) is 0 Å². The summed E-state index contributed by atoms with van der Waals surface area (Å²) in [6, 6.07) is 7.40. The number of hydrogen-bond donors (Lipinski definition) is 1.